The Morgan fingerprint density at radius 2 is 1.95 bits per heavy atom. The van der Waals surface area contributed by atoms with Crippen LogP contribution in [0, 0.1) is 5.92 Å². The molecule has 1 aliphatic carbocycles. The maximum Gasteiger partial charge on any atom is 0.317 e. The first kappa shape index (κ1) is 15.5. The molecule has 1 unspecified atom stereocenters. The van der Waals surface area contributed by atoms with Crippen LogP contribution in [0.25, 0.3) is 0 Å². The molecule has 20 heavy (non-hydrogen) atoms. The summed E-state index contributed by atoms with van der Waals surface area (Å²) in [6.45, 7) is 0.849. The van der Waals surface area contributed by atoms with Crippen molar-refractivity contribution in [3.05, 3.63) is 0 Å². The molecule has 0 aromatic carbocycles. The van der Waals surface area contributed by atoms with Gasteiger partial charge in [0.1, 0.15) is 0 Å². The van der Waals surface area contributed by atoms with Crippen LogP contribution in [0.3, 0.4) is 0 Å². The lowest BCUT2D eigenvalue weighted by molar-refractivity contribution is -0.142. The molecule has 2 amide bonds. The SMILES string of the molecule is CSCC1CCCN1C(=O)NC1CCC(C(=O)O)CC1. The summed E-state index contributed by atoms with van der Waals surface area (Å²) >= 11 is 1.78. The van der Waals surface area contributed by atoms with Crippen molar-refractivity contribution in [1.29, 1.82) is 0 Å². The number of carbonyl (C=O) groups is 2. The Balaban J connectivity index is 1.79. The Labute approximate surface area is 124 Å². The number of urea groups is 1. The number of nitrogens with one attached hydrogen (secondary N) is 1. The second kappa shape index (κ2) is 7.20. The molecular formula is C14H24N2O3S. The number of amides is 2. The second-order valence-corrected chi connectivity index (χ2v) is 6.69. The largest absolute Gasteiger partial charge is 0.481 e. The number of carbonyl (C=O) groups excluding carboxylic acids is 1. The summed E-state index contributed by atoms with van der Waals surface area (Å²) < 4.78 is 0. The molecule has 1 heterocycles. The van der Waals surface area contributed by atoms with E-state index >= 15 is 0 Å². The number of carboxylic acids is 1. The summed E-state index contributed by atoms with van der Waals surface area (Å²) in [7, 11) is 0. The predicted octanol–water partition coefficient (Wildman–Crippen LogP) is 2.17. The van der Waals surface area contributed by atoms with Crippen LogP contribution in [0.1, 0.15) is 38.5 Å². The Kier molecular flexibility index (Phi) is 5.57. The Morgan fingerprint density at radius 3 is 2.55 bits per heavy atom. The molecule has 0 spiro atoms. The van der Waals surface area contributed by atoms with Crippen molar-refractivity contribution >= 4 is 23.8 Å². The van der Waals surface area contributed by atoms with Crippen LogP contribution >= 0.6 is 11.8 Å². The first-order valence-electron chi connectivity index (χ1n) is 7.40. The fraction of sp³-hybridized carbons (Fsp3) is 0.857. The lowest BCUT2D eigenvalue weighted by Crippen LogP contribution is -2.48. The molecule has 114 valence electrons. The number of hydrogen-bond donors (Lipinski definition) is 2. The Hall–Kier alpha value is -0.910. The highest BCUT2D eigenvalue weighted by molar-refractivity contribution is 7.98. The van der Waals surface area contributed by atoms with Gasteiger partial charge in [-0.2, -0.15) is 11.8 Å². The van der Waals surface area contributed by atoms with Crippen LogP contribution in [-0.2, 0) is 4.79 Å². The third kappa shape index (κ3) is 3.81. The van der Waals surface area contributed by atoms with Gasteiger partial charge in [0.25, 0.3) is 0 Å². The lowest BCUT2D eigenvalue weighted by atomic mass is 9.86. The molecule has 0 radical (unpaired) electrons. The summed E-state index contributed by atoms with van der Waals surface area (Å²) in [4.78, 5) is 25.2. The van der Waals surface area contributed by atoms with E-state index < -0.39 is 5.97 Å². The number of nitrogens with zero attached hydrogens (tertiary/aromatic N) is 1. The van der Waals surface area contributed by atoms with E-state index in [1.807, 2.05) is 4.90 Å². The number of rotatable bonds is 4. The van der Waals surface area contributed by atoms with Crippen molar-refractivity contribution in [3.8, 4) is 0 Å². The molecule has 0 aromatic rings. The third-order valence-corrected chi connectivity index (χ3v) is 5.12. The molecule has 1 saturated heterocycles. The standard InChI is InChI=1S/C14H24N2O3S/c1-20-9-12-3-2-8-16(12)14(19)15-11-6-4-10(5-7-11)13(17)18/h10-12H,2-9H2,1H3,(H,15,19)(H,17,18). The molecule has 2 aliphatic rings. The number of likely N-dealkylation sites (tertiary alicyclic amines) is 1. The quantitative estimate of drug-likeness (QED) is 0.835. The second-order valence-electron chi connectivity index (χ2n) is 5.78. The average molecular weight is 300 g/mol. The van der Waals surface area contributed by atoms with Crippen LogP contribution < -0.4 is 5.32 Å². The van der Waals surface area contributed by atoms with Crippen molar-refractivity contribution in [3.63, 3.8) is 0 Å². The van der Waals surface area contributed by atoms with Crippen LogP contribution in [-0.4, -0.2) is 52.6 Å². The summed E-state index contributed by atoms with van der Waals surface area (Å²) in [5.74, 6) is 0.0765. The highest BCUT2D eigenvalue weighted by Crippen LogP contribution is 2.25. The van der Waals surface area contributed by atoms with Crippen molar-refractivity contribution in [2.75, 3.05) is 18.6 Å². The molecule has 0 bridgehead atoms. The lowest BCUT2D eigenvalue weighted by Gasteiger charge is -2.30. The first-order chi connectivity index (χ1) is 9.61. The van der Waals surface area contributed by atoms with Gasteiger partial charge in [-0.15, -0.1) is 0 Å². The van der Waals surface area contributed by atoms with E-state index in [0.29, 0.717) is 18.9 Å². The number of hydrogen-bond acceptors (Lipinski definition) is 3. The number of thioether (sulfide) groups is 1. The molecule has 2 N–H and O–H groups in total. The van der Waals surface area contributed by atoms with Crippen molar-refractivity contribution in [2.45, 2.75) is 50.6 Å². The van der Waals surface area contributed by atoms with E-state index in [4.69, 9.17) is 5.11 Å². The maximum absolute atomic E-state index is 12.3. The highest BCUT2D eigenvalue weighted by atomic mass is 32.2. The zero-order valence-electron chi connectivity index (χ0n) is 12.0. The van der Waals surface area contributed by atoms with Crippen LogP contribution in [0.2, 0.25) is 0 Å². The molecule has 1 atom stereocenters. The topological polar surface area (TPSA) is 69.6 Å². The number of carboxylic acid groups (broad SMARTS) is 1. The minimum absolute atomic E-state index is 0.0420. The Morgan fingerprint density at radius 1 is 1.25 bits per heavy atom. The van der Waals surface area contributed by atoms with Gasteiger partial charge < -0.3 is 15.3 Å². The molecule has 0 aromatic heterocycles. The van der Waals surface area contributed by atoms with Gasteiger partial charge in [0.2, 0.25) is 0 Å². The van der Waals surface area contributed by atoms with Gasteiger partial charge >= 0.3 is 12.0 Å². The number of aliphatic carboxylic acids is 1. The van der Waals surface area contributed by atoms with Crippen LogP contribution in [0.4, 0.5) is 4.79 Å². The molecular weight excluding hydrogens is 276 g/mol. The zero-order valence-corrected chi connectivity index (χ0v) is 12.8. The normalized spacial score (nSPS) is 30.2. The van der Waals surface area contributed by atoms with Crippen LogP contribution in [0.5, 0.6) is 0 Å². The van der Waals surface area contributed by atoms with E-state index in [1.165, 1.54) is 0 Å². The molecule has 5 nitrogen and oxygen atoms in total. The van der Waals surface area contributed by atoms with Gasteiger partial charge in [-0.1, -0.05) is 0 Å². The summed E-state index contributed by atoms with van der Waals surface area (Å²) in [6, 6.07) is 0.550. The molecule has 6 heteroatoms. The van der Waals surface area contributed by atoms with Crippen molar-refractivity contribution in [2.24, 2.45) is 5.92 Å². The van der Waals surface area contributed by atoms with Gasteiger partial charge in [0.05, 0.1) is 5.92 Å². The first-order valence-corrected chi connectivity index (χ1v) is 8.80. The zero-order chi connectivity index (χ0) is 14.5. The van der Waals surface area contributed by atoms with E-state index in [9.17, 15) is 9.59 Å². The van der Waals surface area contributed by atoms with Gasteiger partial charge in [-0.3, -0.25) is 4.79 Å². The predicted molar refractivity (Wildman–Crippen MR) is 80.0 cm³/mol. The average Bonchev–Trinajstić information content (AvgIpc) is 2.88. The fourth-order valence-electron chi connectivity index (χ4n) is 3.21. The minimum Gasteiger partial charge on any atom is -0.481 e. The van der Waals surface area contributed by atoms with Gasteiger partial charge in [0.15, 0.2) is 0 Å². The smallest absolute Gasteiger partial charge is 0.317 e. The van der Waals surface area contributed by atoms with Crippen molar-refractivity contribution in [1.82, 2.24) is 10.2 Å². The van der Waals surface area contributed by atoms with E-state index in [2.05, 4.69) is 11.6 Å². The highest BCUT2D eigenvalue weighted by Gasteiger charge is 2.31. The third-order valence-electron chi connectivity index (χ3n) is 4.40. The van der Waals surface area contributed by atoms with E-state index in [-0.39, 0.29) is 18.0 Å². The fourth-order valence-corrected chi connectivity index (χ4v) is 3.94. The molecule has 2 rings (SSSR count). The van der Waals surface area contributed by atoms with E-state index in [1.54, 1.807) is 11.8 Å². The molecule has 1 aliphatic heterocycles. The molecule has 1 saturated carbocycles. The van der Waals surface area contributed by atoms with Gasteiger partial charge in [-0.25, -0.2) is 4.79 Å². The summed E-state index contributed by atoms with van der Waals surface area (Å²) in [6.07, 6.45) is 7.17. The monoisotopic (exact) mass is 300 g/mol. The van der Waals surface area contributed by atoms with E-state index in [0.717, 1.165) is 38.0 Å². The Bertz CT molecular complexity index is 356. The van der Waals surface area contributed by atoms with Crippen molar-refractivity contribution < 1.29 is 14.7 Å². The minimum atomic E-state index is -0.700. The summed E-state index contributed by atoms with van der Waals surface area (Å²) in [5, 5.41) is 12.1. The molecule has 2 fully saturated rings. The van der Waals surface area contributed by atoms with Gasteiger partial charge in [0, 0.05) is 24.4 Å². The summed E-state index contributed by atoms with van der Waals surface area (Å²) in [5.41, 5.74) is 0. The maximum atomic E-state index is 12.3. The van der Waals surface area contributed by atoms with Gasteiger partial charge in [-0.05, 0) is 44.8 Å². The van der Waals surface area contributed by atoms with Crippen LogP contribution in [0.15, 0.2) is 0 Å².